The molecule has 88 valence electrons. The first kappa shape index (κ1) is 11.5. The molecule has 0 aliphatic carbocycles. The Morgan fingerprint density at radius 3 is 2.75 bits per heavy atom. The Bertz CT molecular complexity index is 396. The summed E-state index contributed by atoms with van der Waals surface area (Å²) in [6.45, 7) is 7.54. The maximum absolute atomic E-state index is 11.8. The van der Waals surface area contributed by atoms with Crippen molar-refractivity contribution in [1.82, 2.24) is 15.6 Å². The average Bonchev–Trinajstić information content (AvgIpc) is 2.47. The monoisotopic (exact) mass is 239 g/mol. The van der Waals surface area contributed by atoms with Crippen molar-refractivity contribution < 1.29 is 4.79 Å². The van der Waals surface area contributed by atoms with Gasteiger partial charge in [-0.3, -0.25) is 4.79 Å². The highest BCUT2D eigenvalue weighted by Crippen LogP contribution is 2.24. The van der Waals surface area contributed by atoms with E-state index in [2.05, 4.69) is 15.6 Å². The first-order valence-electron chi connectivity index (χ1n) is 5.44. The van der Waals surface area contributed by atoms with E-state index >= 15 is 0 Å². The maximum atomic E-state index is 11.8. The molecule has 1 aliphatic rings. The molecule has 5 heteroatoms. The number of thiazole rings is 1. The summed E-state index contributed by atoms with van der Waals surface area (Å²) >= 11 is 1.59. The van der Waals surface area contributed by atoms with Crippen molar-refractivity contribution >= 4 is 17.2 Å². The van der Waals surface area contributed by atoms with Gasteiger partial charge in [-0.05, 0) is 20.8 Å². The van der Waals surface area contributed by atoms with Crippen LogP contribution in [0.25, 0.3) is 0 Å². The highest BCUT2D eigenvalue weighted by atomic mass is 32.1. The van der Waals surface area contributed by atoms with E-state index in [1.54, 1.807) is 11.3 Å². The molecule has 0 radical (unpaired) electrons. The molecular weight excluding hydrogens is 222 g/mol. The first-order valence-corrected chi connectivity index (χ1v) is 6.32. The molecule has 1 amide bonds. The Morgan fingerprint density at radius 1 is 1.62 bits per heavy atom. The van der Waals surface area contributed by atoms with Gasteiger partial charge in [-0.15, -0.1) is 11.3 Å². The Balaban J connectivity index is 2.04. The van der Waals surface area contributed by atoms with Crippen molar-refractivity contribution in [3.05, 3.63) is 16.1 Å². The van der Waals surface area contributed by atoms with E-state index in [0.29, 0.717) is 0 Å². The minimum absolute atomic E-state index is 0.122. The summed E-state index contributed by atoms with van der Waals surface area (Å²) in [4.78, 5) is 16.3. The van der Waals surface area contributed by atoms with E-state index in [1.807, 2.05) is 26.2 Å². The van der Waals surface area contributed by atoms with Gasteiger partial charge in [-0.2, -0.15) is 0 Å². The van der Waals surface area contributed by atoms with E-state index in [1.165, 1.54) is 0 Å². The standard InChI is InChI=1S/C11H17N3OS/c1-7-6-16-10(13-7)11(2,3)14-9(15)8-4-12-5-8/h6,8,12H,4-5H2,1-3H3,(H,14,15). The fourth-order valence-electron chi connectivity index (χ4n) is 1.58. The number of hydrogen-bond acceptors (Lipinski definition) is 4. The van der Waals surface area contributed by atoms with Crippen LogP contribution in [0.3, 0.4) is 0 Å². The molecule has 4 nitrogen and oxygen atoms in total. The van der Waals surface area contributed by atoms with Gasteiger partial charge in [0, 0.05) is 24.2 Å². The minimum atomic E-state index is -0.369. The first-order chi connectivity index (χ1) is 7.49. The van der Waals surface area contributed by atoms with Crippen molar-refractivity contribution in [2.24, 2.45) is 5.92 Å². The molecule has 0 bridgehead atoms. The summed E-state index contributed by atoms with van der Waals surface area (Å²) in [6, 6.07) is 0. The zero-order valence-electron chi connectivity index (χ0n) is 9.83. The molecule has 0 spiro atoms. The van der Waals surface area contributed by atoms with Crippen molar-refractivity contribution in [1.29, 1.82) is 0 Å². The van der Waals surface area contributed by atoms with Gasteiger partial charge in [0.05, 0.1) is 11.5 Å². The lowest BCUT2D eigenvalue weighted by Crippen LogP contribution is -2.54. The Hall–Kier alpha value is -0.940. The summed E-state index contributed by atoms with van der Waals surface area (Å²) in [7, 11) is 0. The average molecular weight is 239 g/mol. The van der Waals surface area contributed by atoms with Crippen molar-refractivity contribution in [2.45, 2.75) is 26.3 Å². The molecule has 1 aliphatic heterocycles. The molecular formula is C11H17N3OS. The number of amides is 1. The molecule has 0 aromatic carbocycles. The molecule has 0 unspecified atom stereocenters. The minimum Gasteiger partial charge on any atom is -0.344 e. The van der Waals surface area contributed by atoms with Crippen LogP contribution in [0.1, 0.15) is 24.5 Å². The summed E-state index contributed by atoms with van der Waals surface area (Å²) in [5.74, 6) is 0.247. The summed E-state index contributed by atoms with van der Waals surface area (Å²) < 4.78 is 0. The molecule has 0 saturated carbocycles. The van der Waals surface area contributed by atoms with Crippen LogP contribution in [0, 0.1) is 12.8 Å². The normalized spacial score (nSPS) is 16.9. The van der Waals surface area contributed by atoms with Gasteiger partial charge in [0.25, 0.3) is 0 Å². The SMILES string of the molecule is Cc1csc(C(C)(C)NC(=O)C2CNC2)n1. The fourth-order valence-corrected chi connectivity index (χ4v) is 2.46. The quantitative estimate of drug-likeness (QED) is 0.828. The lowest BCUT2D eigenvalue weighted by molar-refractivity contribution is -0.128. The number of aryl methyl sites for hydroxylation is 1. The number of carbonyl (C=O) groups excluding carboxylic acids is 1. The largest absolute Gasteiger partial charge is 0.344 e. The Kier molecular flexibility index (Phi) is 2.99. The second kappa shape index (κ2) is 4.14. The number of aromatic nitrogens is 1. The van der Waals surface area contributed by atoms with Crippen LogP contribution >= 0.6 is 11.3 Å². The molecule has 1 fully saturated rings. The smallest absolute Gasteiger partial charge is 0.226 e. The maximum Gasteiger partial charge on any atom is 0.226 e. The van der Waals surface area contributed by atoms with Gasteiger partial charge in [0.15, 0.2) is 0 Å². The van der Waals surface area contributed by atoms with E-state index in [9.17, 15) is 4.79 Å². The van der Waals surface area contributed by atoms with E-state index < -0.39 is 0 Å². The highest BCUT2D eigenvalue weighted by Gasteiger charge is 2.31. The van der Waals surface area contributed by atoms with Gasteiger partial charge in [-0.1, -0.05) is 0 Å². The third kappa shape index (κ3) is 2.25. The summed E-state index contributed by atoms with van der Waals surface area (Å²) in [5, 5.41) is 9.13. The highest BCUT2D eigenvalue weighted by molar-refractivity contribution is 7.09. The molecule has 0 atom stereocenters. The predicted molar refractivity (Wildman–Crippen MR) is 64.4 cm³/mol. The summed E-state index contributed by atoms with van der Waals surface area (Å²) in [6.07, 6.45) is 0. The van der Waals surface area contributed by atoms with E-state index in [-0.39, 0.29) is 17.4 Å². The predicted octanol–water partition coefficient (Wildman–Crippen LogP) is 1.02. The second-order valence-electron chi connectivity index (χ2n) is 4.76. The fraction of sp³-hybridized carbons (Fsp3) is 0.636. The number of nitrogens with one attached hydrogen (secondary N) is 2. The number of carbonyl (C=O) groups is 1. The molecule has 16 heavy (non-hydrogen) atoms. The third-order valence-corrected chi connectivity index (χ3v) is 4.03. The second-order valence-corrected chi connectivity index (χ2v) is 5.62. The van der Waals surface area contributed by atoms with Crippen molar-refractivity contribution in [2.75, 3.05) is 13.1 Å². The lowest BCUT2D eigenvalue weighted by Gasteiger charge is -2.31. The third-order valence-electron chi connectivity index (χ3n) is 2.74. The zero-order chi connectivity index (χ0) is 11.8. The number of rotatable bonds is 3. The van der Waals surface area contributed by atoms with Crippen LogP contribution in [-0.2, 0) is 10.3 Å². The topological polar surface area (TPSA) is 54.0 Å². The molecule has 1 aromatic rings. The van der Waals surface area contributed by atoms with Crippen LogP contribution < -0.4 is 10.6 Å². The molecule has 1 saturated heterocycles. The molecule has 1 aromatic heterocycles. The molecule has 2 heterocycles. The zero-order valence-corrected chi connectivity index (χ0v) is 10.6. The van der Waals surface area contributed by atoms with Crippen molar-refractivity contribution in [3.8, 4) is 0 Å². The van der Waals surface area contributed by atoms with Gasteiger partial charge in [0.1, 0.15) is 5.01 Å². The Morgan fingerprint density at radius 2 is 2.31 bits per heavy atom. The van der Waals surface area contributed by atoms with E-state index in [0.717, 1.165) is 23.8 Å². The van der Waals surface area contributed by atoms with Gasteiger partial charge >= 0.3 is 0 Å². The molecule has 2 rings (SSSR count). The van der Waals surface area contributed by atoms with Gasteiger partial charge in [-0.25, -0.2) is 4.98 Å². The van der Waals surface area contributed by atoms with Crippen LogP contribution in [0.15, 0.2) is 5.38 Å². The van der Waals surface area contributed by atoms with Crippen LogP contribution in [0.5, 0.6) is 0 Å². The van der Waals surface area contributed by atoms with Crippen LogP contribution in [0.4, 0.5) is 0 Å². The number of hydrogen-bond donors (Lipinski definition) is 2. The van der Waals surface area contributed by atoms with Crippen LogP contribution in [-0.4, -0.2) is 24.0 Å². The van der Waals surface area contributed by atoms with E-state index in [4.69, 9.17) is 0 Å². The van der Waals surface area contributed by atoms with Crippen molar-refractivity contribution in [3.63, 3.8) is 0 Å². The van der Waals surface area contributed by atoms with Gasteiger partial charge < -0.3 is 10.6 Å². The Labute approximate surface area is 99.5 Å². The summed E-state index contributed by atoms with van der Waals surface area (Å²) in [5.41, 5.74) is 0.638. The molecule has 2 N–H and O–H groups in total. The van der Waals surface area contributed by atoms with Gasteiger partial charge in [0.2, 0.25) is 5.91 Å². The number of nitrogens with zero attached hydrogens (tertiary/aromatic N) is 1. The van der Waals surface area contributed by atoms with Crippen LogP contribution in [0.2, 0.25) is 0 Å². The lowest BCUT2D eigenvalue weighted by atomic mass is 9.99.